The monoisotopic (exact) mass is 488 g/mol. The molecule has 0 bridgehead atoms. The zero-order chi connectivity index (χ0) is 18.6. The summed E-state index contributed by atoms with van der Waals surface area (Å²) in [5.74, 6) is 1.48. The minimum Gasteiger partial charge on any atom is -0.492 e. The zero-order valence-electron chi connectivity index (χ0n) is 16.4. The molecule has 1 aromatic rings. The van der Waals surface area contributed by atoms with Crippen LogP contribution in [0.3, 0.4) is 0 Å². The van der Waals surface area contributed by atoms with Crippen molar-refractivity contribution in [2.24, 2.45) is 4.99 Å². The van der Waals surface area contributed by atoms with Gasteiger partial charge >= 0.3 is 0 Å². The second-order valence-electron chi connectivity index (χ2n) is 6.69. The van der Waals surface area contributed by atoms with Crippen LogP contribution in [-0.4, -0.2) is 44.1 Å². The molecule has 152 valence electrons. The molecule has 1 aliphatic rings. The van der Waals surface area contributed by atoms with E-state index in [1.165, 1.54) is 24.8 Å². The van der Waals surface area contributed by atoms with E-state index in [0.29, 0.717) is 25.2 Å². The minimum atomic E-state index is -0.00925. The van der Waals surface area contributed by atoms with Gasteiger partial charge in [0.15, 0.2) is 5.96 Å². The number of carbonyl (C=O) groups excluding carboxylic acids is 1. The Balaban J connectivity index is 0.00000364. The highest BCUT2D eigenvalue weighted by Crippen LogP contribution is 2.17. The molecule has 3 N–H and O–H groups in total. The van der Waals surface area contributed by atoms with Crippen LogP contribution in [0.5, 0.6) is 5.75 Å². The molecule has 0 radical (unpaired) electrons. The largest absolute Gasteiger partial charge is 0.492 e. The molecule has 1 aliphatic carbocycles. The molecule has 27 heavy (non-hydrogen) atoms. The van der Waals surface area contributed by atoms with Gasteiger partial charge in [-0.3, -0.25) is 4.79 Å². The van der Waals surface area contributed by atoms with E-state index in [1.54, 1.807) is 0 Å². The fourth-order valence-corrected chi connectivity index (χ4v) is 2.99. The first-order chi connectivity index (χ1) is 12.7. The van der Waals surface area contributed by atoms with Crippen molar-refractivity contribution in [3.63, 3.8) is 0 Å². The van der Waals surface area contributed by atoms with Gasteiger partial charge in [0.2, 0.25) is 5.91 Å². The van der Waals surface area contributed by atoms with Crippen molar-refractivity contribution >= 4 is 35.8 Å². The third-order valence-corrected chi connectivity index (χ3v) is 4.38. The molecule has 7 heteroatoms. The average Bonchev–Trinajstić information content (AvgIpc) is 2.65. The van der Waals surface area contributed by atoms with Gasteiger partial charge in [-0.1, -0.05) is 37.0 Å². The maximum Gasteiger partial charge on any atom is 0.242 e. The first-order valence-electron chi connectivity index (χ1n) is 9.68. The molecule has 1 saturated carbocycles. The standard InChI is InChI=1S/C20H32N4O2.HI/c1-3-21-20(22-13-14-26-18-11-9-16(2)10-12-18)23-15-19(25)24-17-7-5-4-6-8-17;/h9-12,17H,3-8,13-15H2,1-2H3,(H,24,25)(H2,21,22,23);1H. The molecule has 0 spiro atoms. The first-order valence-corrected chi connectivity index (χ1v) is 9.68. The van der Waals surface area contributed by atoms with E-state index < -0.39 is 0 Å². The Labute approximate surface area is 179 Å². The van der Waals surface area contributed by atoms with E-state index in [-0.39, 0.29) is 36.4 Å². The third-order valence-electron chi connectivity index (χ3n) is 4.38. The second kappa shape index (κ2) is 13.6. The van der Waals surface area contributed by atoms with E-state index >= 15 is 0 Å². The Kier molecular flexibility index (Phi) is 11.9. The molecule has 0 saturated heterocycles. The number of hydrogen-bond donors (Lipinski definition) is 3. The van der Waals surface area contributed by atoms with Crippen molar-refractivity contribution in [3.05, 3.63) is 29.8 Å². The Morgan fingerprint density at radius 3 is 2.52 bits per heavy atom. The van der Waals surface area contributed by atoms with Crippen molar-refractivity contribution < 1.29 is 9.53 Å². The molecule has 1 aromatic carbocycles. The number of benzene rings is 1. The van der Waals surface area contributed by atoms with Gasteiger partial charge in [-0.15, -0.1) is 24.0 Å². The molecule has 0 atom stereocenters. The molecule has 0 unspecified atom stereocenters. The zero-order valence-corrected chi connectivity index (χ0v) is 18.8. The Morgan fingerprint density at radius 2 is 1.85 bits per heavy atom. The number of ether oxygens (including phenoxy) is 1. The summed E-state index contributed by atoms with van der Waals surface area (Å²) in [6.07, 6.45) is 5.87. The van der Waals surface area contributed by atoms with Crippen LogP contribution in [0.4, 0.5) is 0 Å². The summed E-state index contributed by atoms with van der Waals surface area (Å²) >= 11 is 0. The van der Waals surface area contributed by atoms with E-state index in [4.69, 9.17) is 4.74 Å². The summed E-state index contributed by atoms with van der Waals surface area (Å²) in [6, 6.07) is 8.30. The molecule has 1 amide bonds. The Morgan fingerprint density at radius 1 is 1.15 bits per heavy atom. The van der Waals surface area contributed by atoms with E-state index in [9.17, 15) is 4.79 Å². The van der Waals surface area contributed by atoms with Crippen LogP contribution < -0.4 is 20.7 Å². The summed E-state index contributed by atoms with van der Waals surface area (Å²) in [7, 11) is 0. The van der Waals surface area contributed by atoms with E-state index in [2.05, 4.69) is 27.9 Å². The SMILES string of the molecule is CCNC(=NCC(=O)NC1CCCCC1)NCCOc1ccc(C)cc1.I. The second-order valence-corrected chi connectivity index (χ2v) is 6.69. The van der Waals surface area contributed by atoms with E-state index in [0.717, 1.165) is 25.1 Å². The lowest BCUT2D eigenvalue weighted by molar-refractivity contribution is -0.120. The fraction of sp³-hybridized carbons (Fsp3) is 0.600. The van der Waals surface area contributed by atoms with Gasteiger partial charge in [0, 0.05) is 12.6 Å². The van der Waals surface area contributed by atoms with Gasteiger partial charge in [-0.05, 0) is 38.8 Å². The number of amides is 1. The molecular formula is C20H33IN4O2. The van der Waals surface area contributed by atoms with Crippen molar-refractivity contribution in [1.82, 2.24) is 16.0 Å². The highest BCUT2D eigenvalue weighted by molar-refractivity contribution is 14.0. The van der Waals surface area contributed by atoms with Gasteiger partial charge in [0.1, 0.15) is 18.9 Å². The van der Waals surface area contributed by atoms with Crippen molar-refractivity contribution in [2.75, 3.05) is 26.2 Å². The van der Waals surface area contributed by atoms with Gasteiger partial charge < -0.3 is 20.7 Å². The highest BCUT2D eigenvalue weighted by atomic mass is 127. The van der Waals surface area contributed by atoms with Crippen LogP contribution >= 0.6 is 24.0 Å². The lowest BCUT2D eigenvalue weighted by atomic mass is 9.95. The van der Waals surface area contributed by atoms with Crippen LogP contribution in [0, 0.1) is 6.92 Å². The molecule has 0 aromatic heterocycles. The topological polar surface area (TPSA) is 74.8 Å². The lowest BCUT2D eigenvalue weighted by Gasteiger charge is -2.22. The molecule has 0 heterocycles. The number of nitrogens with one attached hydrogen (secondary N) is 3. The normalized spacial score (nSPS) is 14.8. The van der Waals surface area contributed by atoms with Crippen molar-refractivity contribution in [1.29, 1.82) is 0 Å². The van der Waals surface area contributed by atoms with Crippen LogP contribution in [0.15, 0.2) is 29.3 Å². The Bertz CT molecular complexity index is 572. The van der Waals surface area contributed by atoms with Crippen molar-refractivity contribution in [3.8, 4) is 5.75 Å². The fourth-order valence-electron chi connectivity index (χ4n) is 2.99. The van der Waals surface area contributed by atoms with Gasteiger partial charge in [0.05, 0.1) is 6.54 Å². The molecule has 1 fully saturated rings. The average molecular weight is 488 g/mol. The van der Waals surface area contributed by atoms with Gasteiger partial charge in [-0.2, -0.15) is 0 Å². The summed E-state index contributed by atoms with van der Waals surface area (Å²) in [5, 5.41) is 9.43. The summed E-state index contributed by atoms with van der Waals surface area (Å²) < 4.78 is 5.69. The number of guanidine groups is 1. The highest BCUT2D eigenvalue weighted by Gasteiger charge is 2.15. The minimum absolute atomic E-state index is 0. The number of halogens is 1. The van der Waals surface area contributed by atoms with E-state index in [1.807, 2.05) is 31.2 Å². The quantitative estimate of drug-likeness (QED) is 0.228. The van der Waals surface area contributed by atoms with Crippen LogP contribution in [-0.2, 0) is 4.79 Å². The molecule has 6 nitrogen and oxygen atoms in total. The maximum absolute atomic E-state index is 12.1. The smallest absolute Gasteiger partial charge is 0.242 e. The molecule has 2 rings (SSSR count). The van der Waals surface area contributed by atoms with Gasteiger partial charge in [0.25, 0.3) is 0 Å². The number of hydrogen-bond acceptors (Lipinski definition) is 3. The van der Waals surface area contributed by atoms with Gasteiger partial charge in [-0.25, -0.2) is 4.99 Å². The number of carbonyl (C=O) groups is 1. The third kappa shape index (κ3) is 9.83. The predicted molar refractivity (Wildman–Crippen MR) is 121 cm³/mol. The molecule has 0 aliphatic heterocycles. The Hall–Kier alpha value is -1.51. The molecular weight excluding hydrogens is 455 g/mol. The summed E-state index contributed by atoms with van der Waals surface area (Å²) in [5.41, 5.74) is 1.21. The lowest BCUT2D eigenvalue weighted by Crippen LogP contribution is -2.41. The summed E-state index contributed by atoms with van der Waals surface area (Å²) in [4.78, 5) is 16.4. The number of aliphatic imine (C=N–C) groups is 1. The number of nitrogens with zero attached hydrogens (tertiary/aromatic N) is 1. The number of rotatable bonds is 8. The maximum atomic E-state index is 12.1. The van der Waals surface area contributed by atoms with Crippen LogP contribution in [0.2, 0.25) is 0 Å². The number of aryl methyl sites for hydroxylation is 1. The first kappa shape index (κ1) is 23.5. The van der Waals surface area contributed by atoms with Crippen LogP contribution in [0.1, 0.15) is 44.6 Å². The summed E-state index contributed by atoms with van der Waals surface area (Å²) in [6.45, 7) is 6.09. The predicted octanol–water partition coefficient (Wildman–Crippen LogP) is 3.00. The van der Waals surface area contributed by atoms with Crippen molar-refractivity contribution in [2.45, 2.75) is 52.0 Å². The van der Waals surface area contributed by atoms with Crippen LogP contribution in [0.25, 0.3) is 0 Å².